The molecule has 0 aliphatic carbocycles. The third-order valence-corrected chi connectivity index (χ3v) is 2.92. The summed E-state index contributed by atoms with van der Waals surface area (Å²) in [6.45, 7) is 1.64. The van der Waals surface area contributed by atoms with E-state index in [9.17, 15) is 19.2 Å². The van der Waals surface area contributed by atoms with E-state index in [1.165, 1.54) is 11.8 Å². The molecule has 0 spiro atoms. The number of urea groups is 1. The Kier molecular flexibility index (Phi) is 5.95. The van der Waals surface area contributed by atoms with Crippen LogP contribution < -0.4 is 11.1 Å². The second-order valence-electron chi connectivity index (χ2n) is 4.61. The van der Waals surface area contributed by atoms with Crippen molar-refractivity contribution in [3.8, 4) is 0 Å². The molecule has 0 unspecified atom stereocenters. The van der Waals surface area contributed by atoms with Crippen LogP contribution in [0.15, 0.2) is 0 Å². The molecule has 1 heterocycles. The summed E-state index contributed by atoms with van der Waals surface area (Å²) >= 11 is 0. The molecule has 1 rings (SSSR count). The third kappa shape index (κ3) is 5.25. The van der Waals surface area contributed by atoms with Crippen LogP contribution in [0.1, 0.15) is 32.6 Å². The van der Waals surface area contributed by atoms with Gasteiger partial charge < -0.3 is 15.4 Å². The highest BCUT2D eigenvalue weighted by Crippen LogP contribution is 2.11. The number of hydrogen-bond donors (Lipinski definition) is 2. The van der Waals surface area contributed by atoms with E-state index < -0.39 is 24.0 Å². The SMILES string of the molecule is C[C@@H](OC(=O)CN1CCCCCC1=O)C(=O)NC(N)=O. The van der Waals surface area contributed by atoms with Crippen molar-refractivity contribution in [3.05, 3.63) is 0 Å². The lowest BCUT2D eigenvalue weighted by Gasteiger charge is -2.20. The maximum atomic E-state index is 11.7. The number of carbonyl (C=O) groups excluding carboxylic acids is 4. The zero-order valence-electron chi connectivity index (χ0n) is 11.4. The van der Waals surface area contributed by atoms with Gasteiger partial charge in [-0.15, -0.1) is 0 Å². The third-order valence-electron chi connectivity index (χ3n) is 2.92. The Labute approximate surface area is 116 Å². The first-order valence-electron chi connectivity index (χ1n) is 6.47. The number of hydrogen-bond acceptors (Lipinski definition) is 5. The van der Waals surface area contributed by atoms with Crippen LogP contribution in [0.2, 0.25) is 0 Å². The van der Waals surface area contributed by atoms with Gasteiger partial charge >= 0.3 is 12.0 Å². The van der Waals surface area contributed by atoms with Gasteiger partial charge in [0.15, 0.2) is 6.10 Å². The lowest BCUT2D eigenvalue weighted by molar-refractivity contribution is -0.157. The van der Waals surface area contributed by atoms with Crippen LogP contribution in [0.3, 0.4) is 0 Å². The maximum absolute atomic E-state index is 11.7. The average Bonchev–Trinajstić information content (AvgIpc) is 2.54. The molecule has 8 nitrogen and oxygen atoms in total. The first kappa shape index (κ1) is 15.9. The zero-order chi connectivity index (χ0) is 15.1. The number of imide groups is 1. The quantitative estimate of drug-likeness (QED) is 0.676. The summed E-state index contributed by atoms with van der Waals surface area (Å²) in [6.07, 6.45) is 1.90. The number of likely N-dealkylation sites (tertiary alicyclic amines) is 1. The fourth-order valence-corrected chi connectivity index (χ4v) is 1.87. The highest BCUT2D eigenvalue weighted by Gasteiger charge is 2.23. The number of carbonyl (C=O) groups is 4. The fourth-order valence-electron chi connectivity index (χ4n) is 1.87. The molecule has 1 saturated heterocycles. The van der Waals surface area contributed by atoms with Crippen molar-refractivity contribution in [1.82, 2.24) is 10.2 Å². The number of nitrogens with zero attached hydrogens (tertiary/aromatic N) is 1. The number of amides is 4. The maximum Gasteiger partial charge on any atom is 0.326 e. The standard InChI is InChI=1S/C12H19N3O5/c1-8(11(18)14-12(13)19)20-10(17)7-15-6-4-2-3-5-9(15)16/h8H,2-7H2,1H3,(H3,13,14,18,19)/t8-/m1/s1. The second-order valence-corrected chi connectivity index (χ2v) is 4.61. The first-order chi connectivity index (χ1) is 9.40. The van der Waals surface area contributed by atoms with Gasteiger partial charge in [-0.05, 0) is 19.8 Å². The van der Waals surface area contributed by atoms with Crippen LogP contribution in [0, 0.1) is 0 Å². The van der Waals surface area contributed by atoms with Crippen molar-refractivity contribution >= 4 is 23.8 Å². The van der Waals surface area contributed by atoms with E-state index in [2.05, 4.69) is 0 Å². The van der Waals surface area contributed by atoms with E-state index in [1.54, 1.807) is 0 Å². The molecule has 20 heavy (non-hydrogen) atoms. The van der Waals surface area contributed by atoms with Gasteiger partial charge in [-0.25, -0.2) is 4.79 Å². The number of rotatable bonds is 4. The van der Waals surface area contributed by atoms with Gasteiger partial charge in [0.25, 0.3) is 5.91 Å². The predicted molar refractivity (Wildman–Crippen MR) is 68.3 cm³/mol. The number of ether oxygens (including phenoxy) is 1. The molecular weight excluding hydrogens is 266 g/mol. The summed E-state index contributed by atoms with van der Waals surface area (Å²) in [5.74, 6) is -1.57. The molecule has 0 bridgehead atoms. The Hall–Kier alpha value is -2.12. The molecule has 8 heteroatoms. The molecule has 0 aromatic heterocycles. The number of esters is 1. The lowest BCUT2D eigenvalue weighted by atomic mass is 10.2. The number of primary amides is 1. The van der Waals surface area contributed by atoms with Crippen LogP contribution in [0.25, 0.3) is 0 Å². The van der Waals surface area contributed by atoms with Gasteiger partial charge in [-0.2, -0.15) is 0 Å². The topological polar surface area (TPSA) is 119 Å². The second kappa shape index (κ2) is 7.46. The van der Waals surface area contributed by atoms with Crippen molar-refractivity contribution in [3.63, 3.8) is 0 Å². The van der Waals surface area contributed by atoms with Gasteiger partial charge in [0.05, 0.1) is 0 Å². The molecular formula is C12H19N3O5. The minimum absolute atomic E-state index is 0.0892. The number of nitrogens with one attached hydrogen (secondary N) is 1. The normalized spacial score (nSPS) is 17.1. The van der Waals surface area contributed by atoms with E-state index in [4.69, 9.17) is 10.5 Å². The summed E-state index contributed by atoms with van der Waals surface area (Å²) in [6, 6.07) is -1.01. The smallest absolute Gasteiger partial charge is 0.326 e. The van der Waals surface area contributed by atoms with Crippen molar-refractivity contribution < 1.29 is 23.9 Å². The highest BCUT2D eigenvalue weighted by atomic mass is 16.5. The first-order valence-corrected chi connectivity index (χ1v) is 6.47. The summed E-state index contributed by atoms with van der Waals surface area (Å²) in [5, 5.41) is 1.81. The summed E-state index contributed by atoms with van der Waals surface area (Å²) in [4.78, 5) is 46.6. The summed E-state index contributed by atoms with van der Waals surface area (Å²) < 4.78 is 4.85. The van der Waals surface area contributed by atoms with Crippen LogP contribution >= 0.6 is 0 Å². The van der Waals surface area contributed by atoms with E-state index in [0.717, 1.165) is 19.3 Å². The van der Waals surface area contributed by atoms with Crippen LogP contribution in [-0.2, 0) is 19.1 Å². The van der Waals surface area contributed by atoms with Gasteiger partial charge in [0.2, 0.25) is 5.91 Å². The Bertz CT molecular complexity index is 410. The monoisotopic (exact) mass is 285 g/mol. The predicted octanol–water partition coefficient (Wildman–Crippen LogP) is -0.484. The van der Waals surface area contributed by atoms with E-state index in [1.807, 2.05) is 5.32 Å². The van der Waals surface area contributed by atoms with Crippen molar-refractivity contribution in [2.24, 2.45) is 5.73 Å². The van der Waals surface area contributed by atoms with Crippen molar-refractivity contribution in [2.75, 3.05) is 13.1 Å². The average molecular weight is 285 g/mol. The Morgan fingerprint density at radius 1 is 1.35 bits per heavy atom. The molecule has 3 N–H and O–H groups in total. The Morgan fingerprint density at radius 3 is 2.70 bits per heavy atom. The molecule has 1 aliphatic heterocycles. The van der Waals surface area contributed by atoms with Gasteiger partial charge in [0, 0.05) is 13.0 Å². The van der Waals surface area contributed by atoms with E-state index >= 15 is 0 Å². The molecule has 4 amide bonds. The molecule has 0 aromatic rings. The fraction of sp³-hybridized carbons (Fsp3) is 0.667. The van der Waals surface area contributed by atoms with Gasteiger partial charge in [0.1, 0.15) is 6.54 Å². The Balaban J connectivity index is 2.43. The molecule has 1 atom stereocenters. The van der Waals surface area contributed by atoms with Gasteiger partial charge in [-0.1, -0.05) is 6.42 Å². The summed E-state index contributed by atoms with van der Waals surface area (Å²) in [5.41, 5.74) is 4.78. The van der Waals surface area contributed by atoms with E-state index in [0.29, 0.717) is 13.0 Å². The van der Waals surface area contributed by atoms with E-state index in [-0.39, 0.29) is 12.5 Å². The molecule has 1 aliphatic rings. The molecule has 112 valence electrons. The van der Waals surface area contributed by atoms with Crippen LogP contribution in [0.5, 0.6) is 0 Å². The molecule has 0 aromatic carbocycles. The zero-order valence-corrected chi connectivity index (χ0v) is 11.4. The minimum atomic E-state index is -1.14. The molecule has 0 saturated carbocycles. The minimum Gasteiger partial charge on any atom is -0.451 e. The number of nitrogens with two attached hydrogens (primary N) is 1. The summed E-state index contributed by atoms with van der Waals surface area (Å²) in [7, 11) is 0. The molecule has 0 radical (unpaired) electrons. The Morgan fingerprint density at radius 2 is 2.05 bits per heavy atom. The largest absolute Gasteiger partial charge is 0.451 e. The van der Waals surface area contributed by atoms with Crippen molar-refractivity contribution in [1.29, 1.82) is 0 Å². The van der Waals surface area contributed by atoms with Gasteiger partial charge in [-0.3, -0.25) is 19.7 Å². The lowest BCUT2D eigenvalue weighted by Crippen LogP contribution is -2.44. The highest BCUT2D eigenvalue weighted by molar-refractivity contribution is 5.96. The van der Waals surface area contributed by atoms with Crippen LogP contribution in [0.4, 0.5) is 4.79 Å². The molecule has 1 fully saturated rings. The van der Waals surface area contributed by atoms with Crippen molar-refractivity contribution in [2.45, 2.75) is 38.7 Å². The van der Waals surface area contributed by atoms with Crippen LogP contribution in [-0.4, -0.2) is 47.9 Å².